The molecule has 6 heteroatoms. The number of ether oxygens (including phenoxy) is 1. The first-order chi connectivity index (χ1) is 14.5. The molecule has 152 valence electrons. The number of nitrogens with zero attached hydrogens (tertiary/aromatic N) is 2. The first-order valence-corrected chi connectivity index (χ1v) is 10.6. The number of fused-ring (bicyclic) bond motifs is 2. The first kappa shape index (κ1) is 20.0. The van der Waals surface area contributed by atoms with Gasteiger partial charge in [-0.25, -0.2) is 0 Å². The second kappa shape index (κ2) is 8.24. The molecule has 0 bridgehead atoms. The molecule has 0 spiro atoms. The number of esters is 1. The Balaban J connectivity index is 1.90. The van der Waals surface area contributed by atoms with Crippen molar-refractivity contribution < 1.29 is 14.3 Å². The number of hydrogen-bond acceptors (Lipinski definition) is 4. The SMILES string of the molecule is CCOC(=O)Cn1c(=NC(=O)c2cccc3ccccc23)sc2c(C)cc(C)cc21. The van der Waals surface area contributed by atoms with E-state index in [1.54, 1.807) is 17.6 Å². The molecule has 1 amide bonds. The zero-order chi connectivity index (χ0) is 21.3. The predicted octanol–water partition coefficient (Wildman–Crippen LogP) is 4.78. The van der Waals surface area contributed by atoms with Crippen molar-refractivity contribution in [2.24, 2.45) is 4.99 Å². The standard InChI is InChI=1S/C24H22N2O3S/c1-4-29-21(27)14-26-20-13-15(2)12-16(3)22(20)30-24(26)25-23(28)19-11-7-9-17-8-5-6-10-18(17)19/h5-13H,4,14H2,1-3H3. The van der Waals surface area contributed by atoms with Crippen molar-refractivity contribution in [3.8, 4) is 0 Å². The lowest BCUT2D eigenvalue weighted by Gasteiger charge is -2.07. The van der Waals surface area contributed by atoms with E-state index in [-0.39, 0.29) is 18.4 Å². The molecule has 0 saturated carbocycles. The Labute approximate surface area is 178 Å². The average molecular weight is 419 g/mol. The van der Waals surface area contributed by atoms with Crippen LogP contribution in [0.5, 0.6) is 0 Å². The Kier molecular flexibility index (Phi) is 5.50. The molecule has 30 heavy (non-hydrogen) atoms. The van der Waals surface area contributed by atoms with E-state index >= 15 is 0 Å². The molecule has 0 aliphatic heterocycles. The molecule has 0 saturated heterocycles. The summed E-state index contributed by atoms with van der Waals surface area (Å²) in [6.45, 7) is 6.13. The van der Waals surface area contributed by atoms with Gasteiger partial charge in [0, 0.05) is 5.56 Å². The number of rotatable bonds is 4. The molecule has 0 aliphatic rings. The normalized spacial score (nSPS) is 11.9. The van der Waals surface area contributed by atoms with Gasteiger partial charge < -0.3 is 9.30 Å². The molecule has 0 N–H and O–H groups in total. The number of aryl methyl sites for hydroxylation is 2. The van der Waals surface area contributed by atoms with Crippen molar-refractivity contribution in [3.05, 3.63) is 76.1 Å². The van der Waals surface area contributed by atoms with Crippen LogP contribution in [0.15, 0.2) is 59.6 Å². The minimum absolute atomic E-state index is 0.0123. The summed E-state index contributed by atoms with van der Waals surface area (Å²) in [5.41, 5.74) is 3.60. The van der Waals surface area contributed by atoms with Gasteiger partial charge in [0.1, 0.15) is 6.54 Å². The predicted molar refractivity (Wildman–Crippen MR) is 120 cm³/mol. The van der Waals surface area contributed by atoms with Gasteiger partial charge in [-0.3, -0.25) is 9.59 Å². The first-order valence-electron chi connectivity index (χ1n) is 9.81. The van der Waals surface area contributed by atoms with Crippen LogP contribution in [0.1, 0.15) is 28.4 Å². The highest BCUT2D eigenvalue weighted by molar-refractivity contribution is 7.16. The maximum atomic E-state index is 13.1. The lowest BCUT2D eigenvalue weighted by Crippen LogP contribution is -2.23. The Morgan fingerprint density at radius 3 is 2.63 bits per heavy atom. The van der Waals surface area contributed by atoms with Crippen LogP contribution in [-0.2, 0) is 16.1 Å². The molecule has 4 rings (SSSR count). The topological polar surface area (TPSA) is 60.7 Å². The number of carbonyl (C=O) groups is 2. The number of hydrogen-bond donors (Lipinski definition) is 0. The minimum atomic E-state index is -0.351. The van der Waals surface area contributed by atoms with Crippen molar-refractivity contribution in [3.63, 3.8) is 0 Å². The molecule has 4 aromatic rings. The van der Waals surface area contributed by atoms with Crippen LogP contribution in [0.2, 0.25) is 0 Å². The van der Waals surface area contributed by atoms with Crippen molar-refractivity contribution in [1.82, 2.24) is 4.57 Å². The van der Waals surface area contributed by atoms with Crippen LogP contribution in [-0.4, -0.2) is 23.1 Å². The number of thiazole rings is 1. The quantitative estimate of drug-likeness (QED) is 0.448. The Morgan fingerprint density at radius 1 is 1.07 bits per heavy atom. The third-order valence-corrected chi connectivity index (χ3v) is 6.15. The molecule has 0 aliphatic carbocycles. The van der Waals surface area contributed by atoms with Gasteiger partial charge in [-0.1, -0.05) is 53.8 Å². The molecule has 5 nitrogen and oxygen atoms in total. The fourth-order valence-corrected chi connectivity index (χ4v) is 4.72. The summed E-state index contributed by atoms with van der Waals surface area (Å²) < 4.78 is 7.93. The lowest BCUT2D eigenvalue weighted by molar-refractivity contribution is -0.143. The van der Waals surface area contributed by atoms with E-state index in [4.69, 9.17) is 4.74 Å². The Hall–Kier alpha value is -3.25. The lowest BCUT2D eigenvalue weighted by atomic mass is 10.0. The monoisotopic (exact) mass is 418 g/mol. The number of amides is 1. The van der Waals surface area contributed by atoms with E-state index in [0.717, 1.165) is 32.1 Å². The molecule has 0 fully saturated rings. The summed E-state index contributed by atoms with van der Waals surface area (Å²) in [4.78, 5) is 30.3. The van der Waals surface area contributed by atoms with Gasteiger partial charge in [0.05, 0.1) is 16.8 Å². The highest BCUT2D eigenvalue weighted by Gasteiger charge is 2.15. The van der Waals surface area contributed by atoms with E-state index in [0.29, 0.717) is 17.0 Å². The maximum Gasteiger partial charge on any atom is 0.326 e. The van der Waals surface area contributed by atoms with Crippen LogP contribution in [0.3, 0.4) is 0 Å². The van der Waals surface area contributed by atoms with Crippen LogP contribution in [0.4, 0.5) is 0 Å². The van der Waals surface area contributed by atoms with Gasteiger partial charge in [0.25, 0.3) is 5.91 Å². The fraction of sp³-hybridized carbons (Fsp3) is 0.208. The van der Waals surface area contributed by atoms with E-state index < -0.39 is 0 Å². The van der Waals surface area contributed by atoms with Crippen molar-refractivity contribution >= 4 is 44.2 Å². The summed E-state index contributed by atoms with van der Waals surface area (Å²) in [7, 11) is 0. The molecular formula is C24H22N2O3S. The van der Waals surface area contributed by atoms with Crippen LogP contribution in [0, 0.1) is 13.8 Å². The number of aromatic nitrogens is 1. The van der Waals surface area contributed by atoms with Gasteiger partial charge in [-0.15, -0.1) is 0 Å². The minimum Gasteiger partial charge on any atom is -0.465 e. The van der Waals surface area contributed by atoms with E-state index in [9.17, 15) is 9.59 Å². The molecule has 0 atom stereocenters. The summed E-state index contributed by atoms with van der Waals surface area (Å²) in [6, 6.07) is 17.5. The second-order valence-corrected chi connectivity index (χ2v) is 8.13. The van der Waals surface area contributed by atoms with Crippen molar-refractivity contribution in [1.29, 1.82) is 0 Å². The molecular weight excluding hydrogens is 396 g/mol. The van der Waals surface area contributed by atoms with Gasteiger partial charge in [0.15, 0.2) is 4.80 Å². The van der Waals surface area contributed by atoms with Crippen LogP contribution >= 0.6 is 11.3 Å². The number of carbonyl (C=O) groups excluding carboxylic acids is 2. The molecule has 3 aromatic carbocycles. The summed E-state index contributed by atoms with van der Waals surface area (Å²) in [6.07, 6.45) is 0. The molecule has 1 heterocycles. The zero-order valence-electron chi connectivity index (χ0n) is 17.1. The highest BCUT2D eigenvalue weighted by atomic mass is 32.1. The van der Waals surface area contributed by atoms with Crippen LogP contribution < -0.4 is 4.80 Å². The molecule has 0 unspecified atom stereocenters. The van der Waals surface area contributed by atoms with Gasteiger partial charge in [-0.2, -0.15) is 4.99 Å². The largest absolute Gasteiger partial charge is 0.465 e. The third-order valence-electron chi connectivity index (χ3n) is 4.92. The van der Waals surface area contributed by atoms with Gasteiger partial charge in [0.2, 0.25) is 0 Å². The highest BCUT2D eigenvalue weighted by Crippen LogP contribution is 2.24. The zero-order valence-corrected chi connectivity index (χ0v) is 18.0. The summed E-state index contributed by atoms with van der Waals surface area (Å²) >= 11 is 1.42. The van der Waals surface area contributed by atoms with E-state index in [1.165, 1.54) is 11.3 Å². The molecule has 0 radical (unpaired) electrons. The van der Waals surface area contributed by atoms with Gasteiger partial charge >= 0.3 is 5.97 Å². The van der Waals surface area contributed by atoms with Crippen LogP contribution in [0.25, 0.3) is 21.0 Å². The van der Waals surface area contributed by atoms with E-state index in [2.05, 4.69) is 11.1 Å². The van der Waals surface area contributed by atoms with Crippen molar-refractivity contribution in [2.75, 3.05) is 6.61 Å². The molecule has 1 aromatic heterocycles. The number of benzene rings is 3. The smallest absolute Gasteiger partial charge is 0.326 e. The van der Waals surface area contributed by atoms with Gasteiger partial charge in [-0.05, 0) is 54.8 Å². The second-order valence-electron chi connectivity index (χ2n) is 7.15. The summed E-state index contributed by atoms with van der Waals surface area (Å²) in [5, 5.41) is 1.85. The van der Waals surface area contributed by atoms with Crippen molar-refractivity contribution in [2.45, 2.75) is 27.3 Å². The average Bonchev–Trinajstić information content (AvgIpc) is 3.05. The Morgan fingerprint density at radius 2 is 1.83 bits per heavy atom. The fourth-order valence-electron chi connectivity index (χ4n) is 3.65. The summed E-state index contributed by atoms with van der Waals surface area (Å²) in [5.74, 6) is -0.680. The third kappa shape index (κ3) is 3.78. The van der Waals surface area contributed by atoms with E-state index in [1.807, 2.05) is 56.3 Å². The Bertz CT molecular complexity index is 1340. The maximum absolute atomic E-state index is 13.1.